The molecule has 0 bridgehead atoms. The molecule has 0 N–H and O–H groups in total. The number of para-hydroxylation sites is 1. The van der Waals surface area contributed by atoms with Crippen molar-refractivity contribution in [1.29, 1.82) is 0 Å². The number of pyridine rings is 1. The summed E-state index contributed by atoms with van der Waals surface area (Å²) in [5.41, 5.74) is 2.67. The topological polar surface area (TPSA) is 62.5 Å². The van der Waals surface area contributed by atoms with Crippen LogP contribution in [-0.2, 0) is 4.79 Å². The van der Waals surface area contributed by atoms with Crippen LogP contribution in [0.1, 0.15) is 23.8 Å². The number of fused-ring (bicyclic) bond motifs is 1. The molecule has 1 amide bonds. The fourth-order valence-electron chi connectivity index (χ4n) is 4.04. The van der Waals surface area contributed by atoms with Gasteiger partial charge in [-0.3, -0.25) is 14.7 Å². The number of carbonyl (C=O) groups excluding carboxylic acids is 1. The predicted octanol–water partition coefficient (Wildman–Crippen LogP) is 4.79. The van der Waals surface area contributed by atoms with E-state index in [2.05, 4.69) is 27.4 Å². The maximum absolute atomic E-state index is 12.6. The summed E-state index contributed by atoms with van der Waals surface area (Å²) < 4.78 is 5.96. The van der Waals surface area contributed by atoms with Gasteiger partial charge in [0.15, 0.2) is 5.76 Å². The summed E-state index contributed by atoms with van der Waals surface area (Å²) in [6.45, 7) is 2.24. The van der Waals surface area contributed by atoms with Gasteiger partial charge in [-0.25, -0.2) is 4.98 Å². The van der Waals surface area contributed by atoms with Gasteiger partial charge < -0.3 is 9.32 Å². The van der Waals surface area contributed by atoms with Crippen LogP contribution in [0.2, 0.25) is 0 Å². The maximum atomic E-state index is 12.6. The number of piperidine rings is 1. The Balaban J connectivity index is 1.19. The molecule has 1 aliphatic rings. The van der Waals surface area contributed by atoms with Crippen molar-refractivity contribution in [2.75, 3.05) is 31.6 Å². The lowest BCUT2D eigenvalue weighted by Gasteiger charge is -2.31. The summed E-state index contributed by atoms with van der Waals surface area (Å²) in [6.07, 6.45) is 5.44. The largest absolute Gasteiger partial charge is 0.454 e. The van der Waals surface area contributed by atoms with Gasteiger partial charge in [0, 0.05) is 41.8 Å². The summed E-state index contributed by atoms with van der Waals surface area (Å²) in [5, 5.41) is 4.35. The van der Waals surface area contributed by atoms with E-state index in [4.69, 9.17) is 9.40 Å². The third-order valence-corrected chi connectivity index (χ3v) is 6.93. The molecule has 4 heterocycles. The van der Waals surface area contributed by atoms with E-state index in [1.165, 1.54) is 0 Å². The highest BCUT2D eigenvalue weighted by atomic mass is 32.1. The van der Waals surface area contributed by atoms with Crippen molar-refractivity contribution in [2.24, 2.45) is 0 Å². The molecule has 1 saturated heterocycles. The predicted molar refractivity (Wildman–Crippen MR) is 123 cm³/mol. The molecule has 3 aromatic heterocycles. The number of benzene rings is 1. The molecular weight excluding hydrogens is 408 g/mol. The van der Waals surface area contributed by atoms with E-state index >= 15 is 0 Å². The van der Waals surface area contributed by atoms with Crippen molar-refractivity contribution in [3.05, 3.63) is 65.2 Å². The average molecular weight is 433 g/mol. The summed E-state index contributed by atoms with van der Waals surface area (Å²) >= 11 is 1.71. The van der Waals surface area contributed by atoms with Crippen LogP contribution >= 0.6 is 11.3 Å². The molecule has 5 rings (SSSR count). The molecule has 1 aliphatic heterocycles. The van der Waals surface area contributed by atoms with Crippen LogP contribution in [0, 0.1) is 0 Å². The van der Waals surface area contributed by atoms with Gasteiger partial charge >= 0.3 is 0 Å². The standard InChI is InChI=1S/C24H24N4O2S/c1-27(19-6-10-25-11-7-19)23(29)15-28-12-8-17(9-13-28)24-26-20(16-31-24)22-14-18-4-2-3-5-21(18)30-22/h2-7,10-11,14,16-17H,8-9,12-13,15H2,1H3. The van der Waals surface area contributed by atoms with E-state index in [0.717, 1.165) is 59.0 Å². The van der Waals surface area contributed by atoms with E-state index in [0.29, 0.717) is 12.5 Å². The highest BCUT2D eigenvalue weighted by Gasteiger charge is 2.25. The molecule has 1 fully saturated rings. The summed E-state index contributed by atoms with van der Waals surface area (Å²) in [5.74, 6) is 1.37. The van der Waals surface area contributed by atoms with Crippen LogP contribution in [0.3, 0.4) is 0 Å². The van der Waals surface area contributed by atoms with Gasteiger partial charge in [0.1, 0.15) is 11.3 Å². The summed E-state index contributed by atoms with van der Waals surface area (Å²) in [7, 11) is 1.82. The second-order valence-corrected chi connectivity index (χ2v) is 8.82. The molecule has 158 valence electrons. The van der Waals surface area contributed by atoms with Crippen molar-refractivity contribution < 1.29 is 9.21 Å². The minimum Gasteiger partial charge on any atom is -0.454 e. The molecule has 0 saturated carbocycles. The SMILES string of the molecule is CN(C(=O)CN1CCC(c2nc(-c3cc4ccccc4o3)cs2)CC1)c1ccncc1. The Hall–Kier alpha value is -3.03. The van der Waals surface area contributed by atoms with Crippen LogP contribution < -0.4 is 4.90 Å². The first-order chi connectivity index (χ1) is 15.2. The number of likely N-dealkylation sites (tertiary alicyclic amines) is 1. The number of thiazole rings is 1. The van der Waals surface area contributed by atoms with Crippen LogP contribution in [-0.4, -0.2) is 47.5 Å². The van der Waals surface area contributed by atoms with Crippen molar-refractivity contribution in [3.8, 4) is 11.5 Å². The molecule has 6 nitrogen and oxygen atoms in total. The third-order valence-electron chi connectivity index (χ3n) is 5.92. The minimum atomic E-state index is 0.103. The molecule has 0 unspecified atom stereocenters. The van der Waals surface area contributed by atoms with Crippen molar-refractivity contribution in [3.63, 3.8) is 0 Å². The Labute approximate surface area is 185 Å². The number of hydrogen-bond donors (Lipinski definition) is 0. The lowest BCUT2D eigenvalue weighted by molar-refractivity contribution is -0.119. The molecule has 4 aromatic rings. The van der Waals surface area contributed by atoms with Gasteiger partial charge in [-0.05, 0) is 50.2 Å². The highest BCUT2D eigenvalue weighted by molar-refractivity contribution is 7.10. The van der Waals surface area contributed by atoms with Crippen molar-refractivity contribution >= 4 is 33.9 Å². The molecular formula is C24H24N4O2S. The van der Waals surface area contributed by atoms with Gasteiger partial charge in [0.25, 0.3) is 0 Å². The van der Waals surface area contributed by atoms with Gasteiger partial charge in [0.2, 0.25) is 5.91 Å². The number of furan rings is 1. The molecule has 1 aromatic carbocycles. The first kappa shape index (κ1) is 19.9. The Morgan fingerprint density at radius 1 is 1.19 bits per heavy atom. The van der Waals surface area contributed by atoms with E-state index in [9.17, 15) is 4.79 Å². The zero-order valence-electron chi connectivity index (χ0n) is 17.4. The third kappa shape index (κ3) is 4.24. The van der Waals surface area contributed by atoms with Gasteiger partial charge in [-0.1, -0.05) is 18.2 Å². The van der Waals surface area contributed by atoms with E-state index in [-0.39, 0.29) is 5.91 Å². The number of amides is 1. The summed E-state index contributed by atoms with van der Waals surface area (Å²) in [6, 6.07) is 13.8. The second-order valence-electron chi connectivity index (χ2n) is 7.93. The van der Waals surface area contributed by atoms with Crippen LogP contribution in [0.15, 0.2) is 64.7 Å². The maximum Gasteiger partial charge on any atom is 0.240 e. The number of likely N-dealkylation sites (N-methyl/N-ethyl adjacent to an activating group) is 1. The summed E-state index contributed by atoms with van der Waals surface area (Å²) in [4.78, 5) is 25.5. The lowest BCUT2D eigenvalue weighted by atomic mass is 9.97. The van der Waals surface area contributed by atoms with E-state index < -0.39 is 0 Å². The van der Waals surface area contributed by atoms with Crippen LogP contribution in [0.4, 0.5) is 5.69 Å². The number of aromatic nitrogens is 2. The van der Waals surface area contributed by atoms with Gasteiger partial charge in [-0.2, -0.15) is 0 Å². The second kappa shape index (κ2) is 8.61. The smallest absolute Gasteiger partial charge is 0.240 e. The van der Waals surface area contributed by atoms with Crippen molar-refractivity contribution in [1.82, 2.24) is 14.9 Å². The Morgan fingerprint density at radius 3 is 2.74 bits per heavy atom. The molecule has 0 radical (unpaired) electrons. The first-order valence-corrected chi connectivity index (χ1v) is 11.4. The Kier molecular flexibility index (Phi) is 5.53. The van der Waals surface area contributed by atoms with Gasteiger partial charge in [0.05, 0.1) is 11.6 Å². The number of nitrogens with zero attached hydrogens (tertiary/aromatic N) is 4. The molecule has 0 spiro atoms. The molecule has 0 atom stereocenters. The van der Waals surface area contributed by atoms with Crippen LogP contribution in [0.5, 0.6) is 0 Å². The minimum absolute atomic E-state index is 0.103. The number of hydrogen-bond acceptors (Lipinski definition) is 6. The average Bonchev–Trinajstić information content (AvgIpc) is 3.47. The van der Waals surface area contributed by atoms with E-state index in [1.807, 2.05) is 37.4 Å². The fraction of sp³-hybridized carbons (Fsp3) is 0.292. The number of carbonyl (C=O) groups is 1. The van der Waals surface area contributed by atoms with Crippen LogP contribution in [0.25, 0.3) is 22.4 Å². The van der Waals surface area contributed by atoms with Crippen molar-refractivity contribution in [2.45, 2.75) is 18.8 Å². The normalized spacial score (nSPS) is 15.4. The number of rotatable bonds is 5. The molecule has 31 heavy (non-hydrogen) atoms. The fourth-order valence-corrected chi connectivity index (χ4v) is 5.02. The lowest BCUT2D eigenvalue weighted by Crippen LogP contribution is -2.42. The van der Waals surface area contributed by atoms with Gasteiger partial charge in [-0.15, -0.1) is 11.3 Å². The Morgan fingerprint density at radius 2 is 1.97 bits per heavy atom. The number of anilines is 1. The van der Waals surface area contributed by atoms with E-state index in [1.54, 1.807) is 28.6 Å². The quantitative estimate of drug-likeness (QED) is 0.454. The monoisotopic (exact) mass is 432 g/mol. The zero-order valence-corrected chi connectivity index (χ0v) is 18.2. The first-order valence-electron chi connectivity index (χ1n) is 10.5. The highest BCUT2D eigenvalue weighted by Crippen LogP contribution is 2.34. The zero-order chi connectivity index (χ0) is 21.2. The molecule has 0 aliphatic carbocycles. The molecule has 7 heteroatoms. The Bertz CT molecular complexity index is 1150.